The summed E-state index contributed by atoms with van der Waals surface area (Å²) >= 11 is 8.27. The van der Waals surface area contributed by atoms with Gasteiger partial charge in [-0.15, -0.1) is 0 Å². The van der Waals surface area contributed by atoms with E-state index in [0.29, 0.717) is 24.3 Å². The minimum Gasteiger partial charge on any atom is -0.389 e. The highest BCUT2D eigenvalue weighted by atomic mass is 79.9. The third-order valence-electron chi connectivity index (χ3n) is 3.14. The molecule has 1 aromatic rings. The van der Waals surface area contributed by atoms with Crippen LogP contribution in [0, 0.1) is 0 Å². The molecule has 0 aliphatic carbocycles. The van der Waals surface area contributed by atoms with Crippen molar-refractivity contribution >= 4 is 49.0 Å². The minimum absolute atomic E-state index is 0.161. The molecule has 8 heteroatoms. The van der Waals surface area contributed by atoms with Crippen LogP contribution in [0.25, 0.3) is 0 Å². The van der Waals surface area contributed by atoms with E-state index in [1.807, 2.05) is 0 Å². The van der Waals surface area contributed by atoms with Gasteiger partial charge in [0.05, 0.1) is 5.69 Å². The molecule has 20 heavy (non-hydrogen) atoms. The number of hydrogen-bond acceptors (Lipinski definition) is 3. The fourth-order valence-corrected chi connectivity index (χ4v) is 3.98. The highest BCUT2D eigenvalue weighted by Gasteiger charge is 2.24. The average Bonchev–Trinajstić information content (AvgIpc) is 2.39. The van der Waals surface area contributed by atoms with Crippen LogP contribution in [0.2, 0.25) is 0 Å². The van der Waals surface area contributed by atoms with Gasteiger partial charge in [-0.2, -0.15) is 12.7 Å². The Morgan fingerprint density at radius 1 is 1.30 bits per heavy atom. The van der Waals surface area contributed by atoms with Gasteiger partial charge in [0, 0.05) is 23.1 Å². The van der Waals surface area contributed by atoms with Gasteiger partial charge in [-0.25, -0.2) is 0 Å². The van der Waals surface area contributed by atoms with Gasteiger partial charge in [0.15, 0.2) is 0 Å². The number of rotatable bonds is 4. The number of nitrogens with two attached hydrogens (primary N) is 1. The molecule has 1 fully saturated rings. The molecule has 2 rings (SSSR count). The summed E-state index contributed by atoms with van der Waals surface area (Å²) in [6.45, 7) is 1.09. The Kier molecular flexibility index (Phi) is 5.00. The van der Waals surface area contributed by atoms with Crippen LogP contribution in [0.4, 0.5) is 5.69 Å². The van der Waals surface area contributed by atoms with Crippen molar-refractivity contribution in [3.05, 3.63) is 28.2 Å². The summed E-state index contributed by atoms with van der Waals surface area (Å²) in [7, 11) is -3.56. The van der Waals surface area contributed by atoms with Gasteiger partial charge in [0.1, 0.15) is 4.99 Å². The van der Waals surface area contributed by atoms with Crippen molar-refractivity contribution in [1.82, 2.24) is 4.31 Å². The summed E-state index contributed by atoms with van der Waals surface area (Å²) in [5, 5.41) is 0. The highest BCUT2D eigenvalue weighted by Crippen LogP contribution is 2.24. The lowest BCUT2D eigenvalue weighted by molar-refractivity contribution is 0.349. The SMILES string of the molecule is NC(=S)c1ccc(Br)cc1NS(=O)(=O)N1CCCCC1. The number of nitrogens with zero attached hydrogens (tertiary/aromatic N) is 1. The molecule has 1 aliphatic rings. The zero-order valence-electron chi connectivity index (χ0n) is 10.8. The van der Waals surface area contributed by atoms with Gasteiger partial charge in [-0.05, 0) is 31.0 Å². The van der Waals surface area contributed by atoms with Crippen molar-refractivity contribution in [1.29, 1.82) is 0 Å². The number of hydrogen-bond donors (Lipinski definition) is 2. The normalized spacial score (nSPS) is 16.9. The molecule has 0 bridgehead atoms. The largest absolute Gasteiger partial charge is 0.389 e. The Labute approximate surface area is 132 Å². The molecule has 5 nitrogen and oxygen atoms in total. The molecule has 0 atom stereocenters. The molecule has 1 aromatic carbocycles. The number of anilines is 1. The van der Waals surface area contributed by atoms with Gasteiger partial charge >= 0.3 is 10.2 Å². The van der Waals surface area contributed by atoms with Crippen LogP contribution < -0.4 is 10.5 Å². The number of nitrogens with one attached hydrogen (secondary N) is 1. The lowest BCUT2D eigenvalue weighted by atomic mass is 10.2. The van der Waals surface area contributed by atoms with Gasteiger partial charge in [-0.1, -0.05) is 34.6 Å². The summed E-state index contributed by atoms with van der Waals surface area (Å²) < 4.78 is 29.5. The summed E-state index contributed by atoms with van der Waals surface area (Å²) in [5.74, 6) is 0. The van der Waals surface area contributed by atoms with E-state index >= 15 is 0 Å². The van der Waals surface area contributed by atoms with E-state index in [0.717, 1.165) is 23.7 Å². The fraction of sp³-hybridized carbons (Fsp3) is 0.417. The third kappa shape index (κ3) is 3.69. The van der Waals surface area contributed by atoms with E-state index < -0.39 is 10.2 Å². The number of halogens is 1. The highest BCUT2D eigenvalue weighted by molar-refractivity contribution is 9.10. The molecule has 0 unspecified atom stereocenters. The maximum absolute atomic E-state index is 12.4. The Morgan fingerprint density at radius 2 is 1.95 bits per heavy atom. The van der Waals surface area contributed by atoms with Crippen LogP contribution in [0.5, 0.6) is 0 Å². The maximum atomic E-state index is 12.4. The van der Waals surface area contributed by atoms with Crippen LogP contribution >= 0.6 is 28.1 Å². The molecule has 0 radical (unpaired) electrons. The van der Waals surface area contributed by atoms with Crippen LogP contribution in [0.1, 0.15) is 24.8 Å². The maximum Gasteiger partial charge on any atom is 0.301 e. The molecule has 0 amide bonds. The first-order valence-corrected chi connectivity index (χ1v) is 8.91. The van der Waals surface area contributed by atoms with Gasteiger partial charge in [0.25, 0.3) is 0 Å². The Morgan fingerprint density at radius 3 is 2.55 bits per heavy atom. The van der Waals surface area contributed by atoms with E-state index in [4.69, 9.17) is 18.0 Å². The predicted molar refractivity (Wildman–Crippen MR) is 88.0 cm³/mol. The number of piperidine rings is 1. The Bertz CT molecular complexity index is 613. The van der Waals surface area contributed by atoms with Gasteiger partial charge < -0.3 is 5.73 Å². The quantitative estimate of drug-likeness (QED) is 0.788. The fourth-order valence-electron chi connectivity index (χ4n) is 2.12. The minimum atomic E-state index is -3.56. The molecule has 0 aromatic heterocycles. The molecular weight excluding hydrogens is 362 g/mol. The first kappa shape index (κ1) is 15.7. The molecule has 1 heterocycles. The van der Waals surface area contributed by atoms with Gasteiger partial charge in [0.2, 0.25) is 0 Å². The second-order valence-corrected chi connectivity index (χ2v) is 7.65. The monoisotopic (exact) mass is 377 g/mol. The van der Waals surface area contributed by atoms with Gasteiger partial charge in [-0.3, -0.25) is 4.72 Å². The number of benzene rings is 1. The first-order valence-electron chi connectivity index (χ1n) is 6.27. The molecule has 0 saturated carbocycles. The van der Waals surface area contributed by atoms with E-state index in [1.165, 1.54) is 4.31 Å². The Balaban J connectivity index is 2.28. The zero-order valence-corrected chi connectivity index (χ0v) is 14.0. The second-order valence-electron chi connectivity index (χ2n) is 4.62. The zero-order chi connectivity index (χ0) is 14.8. The standard InChI is InChI=1S/C12H16BrN3O2S2/c13-9-4-5-10(12(14)19)11(8-9)15-20(17,18)16-6-2-1-3-7-16/h4-5,8,15H,1-3,6-7H2,(H2,14,19). The van der Waals surface area contributed by atoms with Crippen molar-refractivity contribution in [2.45, 2.75) is 19.3 Å². The Hall–Kier alpha value is -0.700. The van der Waals surface area contributed by atoms with Crippen molar-refractivity contribution < 1.29 is 8.42 Å². The predicted octanol–water partition coefficient (Wildman–Crippen LogP) is 2.23. The summed E-state index contributed by atoms with van der Waals surface area (Å²) in [6.07, 6.45) is 2.85. The van der Waals surface area contributed by atoms with E-state index in [1.54, 1.807) is 18.2 Å². The smallest absolute Gasteiger partial charge is 0.301 e. The molecule has 3 N–H and O–H groups in total. The summed E-state index contributed by atoms with van der Waals surface area (Å²) in [6, 6.07) is 5.13. The van der Waals surface area contributed by atoms with Crippen LogP contribution in [-0.2, 0) is 10.2 Å². The lowest BCUT2D eigenvalue weighted by Gasteiger charge is -2.26. The lowest BCUT2D eigenvalue weighted by Crippen LogP contribution is -2.39. The van der Waals surface area contributed by atoms with Crippen molar-refractivity contribution in [2.75, 3.05) is 17.8 Å². The van der Waals surface area contributed by atoms with E-state index in [-0.39, 0.29) is 4.99 Å². The van der Waals surface area contributed by atoms with Crippen LogP contribution in [0.3, 0.4) is 0 Å². The molecule has 1 saturated heterocycles. The number of thiocarbonyl (C=S) groups is 1. The van der Waals surface area contributed by atoms with E-state index in [9.17, 15) is 8.42 Å². The van der Waals surface area contributed by atoms with Crippen molar-refractivity contribution in [2.24, 2.45) is 5.73 Å². The average molecular weight is 378 g/mol. The van der Waals surface area contributed by atoms with Crippen molar-refractivity contribution in [3.8, 4) is 0 Å². The third-order valence-corrected chi connectivity index (χ3v) is 5.38. The molecule has 110 valence electrons. The second kappa shape index (κ2) is 6.38. The van der Waals surface area contributed by atoms with E-state index in [2.05, 4.69) is 20.7 Å². The van der Waals surface area contributed by atoms with Crippen LogP contribution in [-0.4, -0.2) is 30.8 Å². The molecule has 0 spiro atoms. The van der Waals surface area contributed by atoms with Crippen molar-refractivity contribution in [3.63, 3.8) is 0 Å². The molecular formula is C12H16BrN3O2S2. The van der Waals surface area contributed by atoms with Crippen LogP contribution in [0.15, 0.2) is 22.7 Å². The summed E-state index contributed by atoms with van der Waals surface area (Å²) in [4.78, 5) is 0.161. The summed E-state index contributed by atoms with van der Waals surface area (Å²) in [5.41, 5.74) is 6.55. The first-order chi connectivity index (χ1) is 9.40. The molecule has 1 aliphatic heterocycles. The topological polar surface area (TPSA) is 75.4 Å².